The van der Waals surface area contributed by atoms with E-state index in [1.54, 1.807) is 7.05 Å². The molecule has 1 atom stereocenters. The minimum atomic E-state index is -1.32. The number of hydrogen-bond acceptors (Lipinski definition) is 3. The van der Waals surface area contributed by atoms with E-state index < -0.39 is 12.0 Å². The zero-order chi connectivity index (χ0) is 10.4. The highest BCUT2D eigenvalue weighted by Crippen LogP contribution is 1.84. The number of urea groups is 1. The number of primary amides is 1. The summed E-state index contributed by atoms with van der Waals surface area (Å²) in [5.41, 5.74) is 4.78. The molecule has 0 saturated carbocycles. The van der Waals surface area contributed by atoms with Crippen molar-refractivity contribution >= 4 is 11.9 Å². The molecule has 3 amide bonds. The Kier molecular flexibility index (Phi) is 4.83. The van der Waals surface area contributed by atoms with Crippen LogP contribution < -0.4 is 11.1 Å². The van der Waals surface area contributed by atoms with E-state index >= 15 is 0 Å². The van der Waals surface area contributed by atoms with Crippen molar-refractivity contribution in [1.82, 2.24) is 10.2 Å². The molecule has 0 rings (SSSR count). The number of rotatable bonds is 4. The lowest BCUT2D eigenvalue weighted by atomic mass is 10.3. The lowest BCUT2D eigenvalue weighted by Gasteiger charge is -2.16. The summed E-state index contributed by atoms with van der Waals surface area (Å²) in [5, 5.41) is 11.3. The van der Waals surface area contributed by atoms with Gasteiger partial charge in [0.1, 0.15) is 6.10 Å². The first kappa shape index (κ1) is 11.7. The summed E-state index contributed by atoms with van der Waals surface area (Å²) < 4.78 is 0. The fourth-order valence-electron chi connectivity index (χ4n) is 0.563. The number of hydrogen-bond donors (Lipinski definition) is 3. The third-order valence-electron chi connectivity index (χ3n) is 1.60. The Morgan fingerprint density at radius 3 is 2.54 bits per heavy atom. The predicted octanol–water partition coefficient (Wildman–Crippen LogP) is -1.51. The van der Waals surface area contributed by atoms with E-state index in [1.807, 2.05) is 6.92 Å². The molecule has 6 heteroatoms. The van der Waals surface area contributed by atoms with Crippen LogP contribution in [0.2, 0.25) is 0 Å². The van der Waals surface area contributed by atoms with Gasteiger partial charge >= 0.3 is 6.03 Å². The van der Waals surface area contributed by atoms with Crippen LogP contribution in [0.15, 0.2) is 0 Å². The van der Waals surface area contributed by atoms with Crippen LogP contribution in [0, 0.1) is 0 Å². The molecule has 0 bridgehead atoms. The molecule has 6 nitrogen and oxygen atoms in total. The normalized spacial score (nSPS) is 11.9. The molecule has 76 valence electrons. The number of carbonyl (C=O) groups is 2. The summed E-state index contributed by atoms with van der Waals surface area (Å²) in [6.07, 6.45) is -1.32. The van der Waals surface area contributed by atoms with Gasteiger partial charge in [-0.2, -0.15) is 0 Å². The van der Waals surface area contributed by atoms with Gasteiger partial charge in [0.05, 0.1) is 6.54 Å². The van der Waals surface area contributed by atoms with Gasteiger partial charge < -0.3 is 21.1 Å². The fourth-order valence-corrected chi connectivity index (χ4v) is 0.563. The Labute approximate surface area is 76.7 Å². The lowest BCUT2D eigenvalue weighted by molar-refractivity contribution is -0.125. The Morgan fingerprint density at radius 2 is 2.15 bits per heavy atom. The van der Waals surface area contributed by atoms with Crippen LogP contribution in [-0.2, 0) is 4.79 Å². The maximum atomic E-state index is 11.1. The maximum Gasteiger partial charge on any atom is 0.317 e. The van der Waals surface area contributed by atoms with Crippen LogP contribution in [0.25, 0.3) is 0 Å². The quantitative estimate of drug-likeness (QED) is 0.502. The minimum Gasteiger partial charge on any atom is -0.381 e. The Hall–Kier alpha value is -1.30. The minimum absolute atomic E-state index is 0.154. The number of carbonyl (C=O) groups excluding carboxylic acids is 2. The highest BCUT2D eigenvalue weighted by Gasteiger charge is 2.13. The van der Waals surface area contributed by atoms with E-state index in [1.165, 1.54) is 4.90 Å². The highest BCUT2D eigenvalue weighted by molar-refractivity contribution is 5.80. The second kappa shape index (κ2) is 5.36. The number of nitrogens with zero attached hydrogens (tertiary/aromatic N) is 1. The zero-order valence-electron chi connectivity index (χ0n) is 7.78. The second-order valence-electron chi connectivity index (χ2n) is 2.62. The largest absolute Gasteiger partial charge is 0.381 e. The molecular formula is C7H15N3O3. The third kappa shape index (κ3) is 4.32. The van der Waals surface area contributed by atoms with Crippen molar-refractivity contribution < 1.29 is 14.7 Å². The van der Waals surface area contributed by atoms with Crippen LogP contribution in [0.5, 0.6) is 0 Å². The number of nitrogens with two attached hydrogens (primary N) is 1. The maximum absolute atomic E-state index is 11.1. The van der Waals surface area contributed by atoms with Crippen LogP contribution in [0.3, 0.4) is 0 Å². The molecule has 0 aliphatic rings. The SMILES string of the molecule is CCN(C)C(=O)NCC(O)C(N)=O. The van der Waals surface area contributed by atoms with E-state index in [2.05, 4.69) is 5.32 Å². The summed E-state index contributed by atoms with van der Waals surface area (Å²) in [6, 6.07) is -0.345. The van der Waals surface area contributed by atoms with Gasteiger partial charge in [0.2, 0.25) is 5.91 Å². The number of aliphatic hydroxyl groups is 1. The molecule has 0 aliphatic carbocycles. The van der Waals surface area contributed by atoms with Gasteiger partial charge in [-0.15, -0.1) is 0 Å². The highest BCUT2D eigenvalue weighted by atomic mass is 16.3. The van der Waals surface area contributed by atoms with Crippen molar-refractivity contribution in [2.24, 2.45) is 5.73 Å². The standard InChI is InChI=1S/C7H15N3O3/c1-3-10(2)7(13)9-4-5(11)6(8)12/h5,11H,3-4H2,1-2H3,(H2,8,12)(H,9,13). The first-order valence-corrected chi connectivity index (χ1v) is 3.95. The monoisotopic (exact) mass is 189 g/mol. The van der Waals surface area contributed by atoms with Crippen LogP contribution in [-0.4, -0.2) is 48.2 Å². The van der Waals surface area contributed by atoms with Gasteiger partial charge in [-0.25, -0.2) is 4.79 Å². The van der Waals surface area contributed by atoms with Crippen molar-refractivity contribution in [3.05, 3.63) is 0 Å². The Balaban J connectivity index is 3.76. The molecule has 0 aromatic rings. The molecule has 0 heterocycles. The Bertz CT molecular complexity index is 195. The molecule has 0 fully saturated rings. The van der Waals surface area contributed by atoms with E-state index in [-0.39, 0.29) is 12.6 Å². The summed E-state index contributed by atoms with van der Waals surface area (Å²) in [4.78, 5) is 22.8. The van der Waals surface area contributed by atoms with E-state index in [4.69, 9.17) is 10.8 Å². The third-order valence-corrected chi connectivity index (χ3v) is 1.60. The van der Waals surface area contributed by atoms with Crippen molar-refractivity contribution in [3.63, 3.8) is 0 Å². The Morgan fingerprint density at radius 1 is 1.62 bits per heavy atom. The summed E-state index contributed by atoms with van der Waals surface area (Å²) in [5.74, 6) is -0.848. The molecule has 0 radical (unpaired) electrons. The smallest absolute Gasteiger partial charge is 0.317 e. The number of amides is 3. The zero-order valence-corrected chi connectivity index (χ0v) is 7.78. The number of aliphatic hydroxyl groups excluding tert-OH is 1. The molecule has 13 heavy (non-hydrogen) atoms. The second-order valence-corrected chi connectivity index (χ2v) is 2.62. The van der Waals surface area contributed by atoms with Gasteiger partial charge in [-0.3, -0.25) is 4.79 Å². The van der Waals surface area contributed by atoms with Crippen LogP contribution in [0.1, 0.15) is 6.92 Å². The molecule has 1 unspecified atom stereocenters. The van der Waals surface area contributed by atoms with E-state index in [0.29, 0.717) is 6.54 Å². The summed E-state index contributed by atoms with van der Waals surface area (Å²) >= 11 is 0. The number of nitrogens with one attached hydrogen (secondary N) is 1. The van der Waals surface area contributed by atoms with Crippen LogP contribution in [0.4, 0.5) is 4.79 Å². The van der Waals surface area contributed by atoms with Crippen molar-refractivity contribution in [2.75, 3.05) is 20.1 Å². The average Bonchev–Trinajstić information content (AvgIpc) is 2.11. The topological polar surface area (TPSA) is 95.7 Å². The molecule has 0 saturated heterocycles. The lowest BCUT2D eigenvalue weighted by Crippen LogP contribution is -2.44. The van der Waals surface area contributed by atoms with Crippen molar-refractivity contribution in [2.45, 2.75) is 13.0 Å². The van der Waals surface area contributed by atoms with Crippen molar-refractivity contribution in [1.29, 1.82) is 0 Å². The van der Waals surface area contributed by atoms with Gasteiger partial charge in [-0.1, -0.05) is 0 Å². The first-order valence-electron chi connectivity index (χ1n) is 3.95. The average molecular weight is 189 g/mol. The fraction of sp³-hybridized carbons (Fsp3) is 0.714. The molecule has 0 aliphatic heterocycles. The van der Waals surface area contributed by atoms with E-state index in [9.17, 15) is 9.59 Å². The first-order chi connectivity index (χ1) is 5.99. The van der Waals surface area contributed by atoms with Crippen molar-refractivity contribution in [3.8, 4) is 0 Å². The van der Waals surface area contributed by atoms with Gasteiger partial charge in [0.15, 0.2) is 0 Å². The van der Waals surface area contributed by atoms with Crippen LogP contribution >= 0.6 is 0 Å². The van der Waals surface area contributed by atoms with E-state index in [0.717, 1.165) is 0 Å². The van der Waals surface area contributed by atoms with Gasteiger partial charge in [0, 0.05) is 13.6 Å². The molecule has 0 aromatic carbocycles. The summed E-state index contributed by atoms with van der Waals surface area (Å²) in [7, 11) is 1.60. The molecule has 4 N–H and O–H groups in total. The summed E-state index contributed by atoms with van der Waals surface area (Å²) in [6.45, 7) is 2.21. The van der Waals surface area contributed by atoms with Gasteiger partial charge in [-0.05, 0) is 6.92 Å². The molecule has 0 aromatic heterocycles. The molecule has 0 spiro atoms. The van der Waals surface area contributed by atoms with Gasteiger partial charge in [0.25, 0.3) is 0 Å². The molecular weight excluding hydrogens is 174 g/mol. The predicted molar refractivity (Wildman–Crippen MR) is 46.9 cm³/mol.